The van der Waals surface area contributed by atoms with Crippen molar-refractivity contribution < 1.29 is 28.8 Å². The van der Waals surface area contributed by atoms with Crippen molar-refractivity contribution in [2.45, 2.75) is 58.8 Å². The highest BCUT2D eigenvalue weighted by molar-refractivity contribution is 5.70. The Balaban J connectivity index is 1.57. The molecule has 0 saturated carbocycles. The molecular weight excluding hydrogens is 468 g/mol. The number of hydrogen-bond acceptors (Lipinski definition) is 5. The van der Waals surface area contributed by atoms with Gasteiger partial charge in [-0.1, -0.05) is 57.0 Å². The average Bonchev–Trinajstić information content (AvgIpc) is 2.90. The van der Waals surface area contributed by atoms with Gasteiger partial charge in [0, 0.05) is 5.56 Å². The normalized spacial score (nSPS) is 10.6. The number of rotatable bonds is 17. The summed E-state index contributed by atoms with van der Waals surface area (Å²) in [6.45, 7) is 6.07. The van der Waals surface area contributed by atoms with Gasteiger partial charge in [0.2, 0.25) is 0 Å². The molecule has 3 aromatic rings. The molecular formula is C31H38O6. The van der Waals surface area contributed by atoms with Crippen LogP contribution in [0.2, 0.25) is 0 Å². The van der Waals surface area contributed by atoms with Crippen molar-refractivity contribution in [3.05, 3.63) is 77.9 Å². The van der Waals surface area contributed by atoms with E-state index in [-0.39, 0.29) is 6.42 Å². The van der Waals surface area contributed by atoms with E-state index in [9.17, 15) is 4.79 Å². The maximum atomic E-state index is 10.8. The molecule has 1 N–H and O–H groups in total. The molecule has 3 aromatic carbocycles. The van der Waals surface area contributed by atoms with Crippen molar-refractivity contribution >= 4 is 5.97 Å². The maximum absolute atomic E-state index is 10.8. The maximum Gasteiger partial charge on any atom is 0.307 e. The van der Waals surface area contributed by atoms with Crippen LogP contribution in [0, 0.1) is 0 Å². The van der Waals surface area contributed by atoms with Crippen LogP contribution in [0.5, 0.6) is 28.7 Å². The molecule has 0 aromatic heterocycles. The van der Waals surface area contributed by atoms with Gasteiger partial charge in [-0.2, -0.15) is 0 Å². The Kier molecular flexibility index (Phi) is 11.6. The minimum absolute atomic E-state index is 0.0162. The fraction of sp³-hybridized carbons (Fsp3) is 0.387. The van der Waals surface area contributed by atoms with Crippen molar-refractivity contribution in [1.82, 2.24) is 0 Å². The summed E-state index contributed by atoms with van der Waals surface area (Å²) in [5.41, 5.74) is 1.80. The van der Waals surface area contributed by atoms with Crippen LogP contribution in [0.25, 0.3) is 0 Å². The first-order valence-electron chi connectivity index (χ1n) is 13.2. The van der Waals surface area contributed by atoms with Gasteiger partial charge in [0.15, 0.2) is 11.5 Å². The van der Waals surface area contributed by atoms with E-state index in [0.29, 0.717) is 25.6 Å². The van der Waals surface area contributed by atoms with Gasteiger partial charge in [0.05, 0.1) is 26.2 Å². The number of ether oxygens (including phenoxy) is 4. The average molecular weight is 507 g/mol. The van der Waals surface area contributed by atoms with E-state index in [0.717, 1.165) is 72.6 Å². The Morgan fingerprint density at radius 3 is 2.05 bits per heavy atom. The summed E-state index contributed by atoms with van der Waals surface area (Å²) in [5, 5.41) is 8.87. The van der Waals surface area contributed by atoms with E-state index in [2.05, 4.69) is 13.8 Å². The van der Waals surface area contributed by atoms with Gasteiger partial charge in [-0.3, -0.25) is 4.79 Å². The monoisotopic (exact) mass is 506 g/mol. The highest BCUT2D eigenvalue weighted by Crippen LogP contribution is 2.41. The smallest absolute Gasteiger partial charge is 0.307 e. The molecule has 198 valence electrons. The van der Waals surface area contributed by atoms with Crippen LogP contribution >= 0.6 is 0 Å². The molecule has 3 rings (SSSR count). The fourth-order valence-corrected chi connectivity index (χ4v) is 3.84. The Hall–Kier alpha value is -3.67. The standard InChI is InChI=1S/C31H38O6/c1-3-5-20-36-31-27(11-4-2)28(18-19-29(31)37-26-12-7-6-8-13-26)35-22-10-9-21-34-25-16-14-24(15-17-25)23-30(32)33/h6-8,12-19H,3-5,9-11,20-23H2,1-2H3,(H,32,33). The summed E-state index contributed by atoms with van der Waals surface area (Å²) in [5.74, 6) is 2.99. The minimum atomic E-state index is -0.839. The second-order valence-electron chi connectivity index (χ2n) is 8.86. The van der Waals surface area contributed by atoms with E-state index in [1.54, 1.807) is 12.1 Å². The fourth-order valence-electron chi connectivity index (χ4n) is 3.84. The quantitative estimate of drug-likeness (QED) is 0.191. The van der Waals surface area contributed by atoms with Crippen LogP contribution in [0.3, 0.4) is 0 Å². The van der Waals surface area contributed by atoms with Gasteiger partial charge in [-0.15, -0.1) is 0 Å². The molecule has 0 bridgehead atoms. The topological polar surface area (TPSA) is 74.2 Å². The van der Waals surface area contributed by atoms with Crippen LogP contribution in [0.4, 0.5) is 0 Å². The third kappa shape index (κ3) is 9.37. The molecule has 0 radical (unpaired) electrons. The third-order valence-corrected chi connectivity index (χ3v) is 5.74. The van der Waals surface area contributed by atoms with Crippen LogP contribution in [-0.2, 0) is 17.6 Å². The minimum Gasteiger partial charge on any atom is -0.494 e. The molecule has 37 heavy (non-hydrogen) atoms. The highest BCUT2D eigenvalue weighted by atomic mass is 16.5. The Bertz CT molecular complexity index is 1080. The second-order valence-corrected chi connectivity index (χ2v) is 8.86. The van der Waals surface area contributed by atoms with Gasteiger partial charge < -0.3 is 24.1 Å². The highest BCUT2D eigenvalue weighted by Gasteiger charge is 2.17. The van der Waals surface area contributed by atoms with E-state index in [1.165, 1.54) is 0 Å². The lowest BCUT2D eigenvalue weighted by atomic mass is 10.1. The zero-order valence-corrected chi connectivity index (χ0v) is 21.9. The van der Waals surface area contributed by atoms with Crippen LogP contribution < -0.4 is 18.9 Å². The predicted molar refractivity (Wildman–Crippen MR) is 145 cm³/mol. The number of para-hydroxylation sites is 1. The van der Waals surface area contributed by atoms with Gasteiger partial charge in [0.1, 0.15) is 17.2 Å². The molecule has 0 fully saturated rings. The van der Waals surface area contributed by atoms with Crippen molar-refractivity contribution in [1.29, 1.82) is 0 Å². The molecule has 0 aliphatic heterocycles. The number of carbonyl (C=O) groups is 1. The molecule has 0 atom stereocenters. The van der Waals surface area contributed by atoms with Crippen molar-refractivity contribution in [3.8, 4) is 28.7 Å². The number of benzene rings is 3. The molecule has 0 aliphatic carbocycles. The lowest BCUT2D eigenvalue weighted by Crippen LogP contribution is -2.07. The van der Waals surface area contributed by atoms with Crippen molar-refractivity contribution in [2.24, 2.45) is 0 Å². The zero-order valence-electron chi connectivity index (χ0n) is 21.9. The zero-order chi connectivity index (χ0) is 26.3. The first-order valence-corrected chi connectivity index (χ1v) is 13.2. The third-order valence-electron chi connectivity index (χ3n) is 5.74. The summed E-state index contributed by atoms with van der Waals surface area (Å²) < 4.78 is 24.4. The van der Waals surface area contributed by atoms with E-state index < -0.39 is 5.97 Å². The predicted octanol–water partition coefficient (Wildman–Crippen LogP) is 7.48. The summed E-state index contributed by atoms with van der Waals surface area (Å²) >= 11 is 0. The Labute approximate surface area is 220 Å². The molecule has 0 amide bonds. The summed E-state index contributed by atoms with van der Waals surface area (Å²) in [4.78, 5) is 10.8. The van der Waals surface area contributed by atoms with Crippen LogP contribution in [-0.4, -0.2) is 30.9 Å². The number of aliphatic carboxylic acids is 1. The van der Waals surface area contributed by atoms with Crippen molar-refractivity contribution in [2.75, 3.05) is 19.8 Å². The van der Waals surface area contributed by atoms with Crippen LogP contribution in [0.1, 0.15) is 57.1 Å². The number of unbranched alkanes of at least 4 members (excludes halogenated alkanes) is 2. The van der Waals surface area contributed by atoms with Crippen molar-refractivity contribution in [3.63, 3.8) is 0 Å². The molecule has 0 heterocycles. The first-order chi connectivity index (χ1) is 18.1. The number of hydrogen-bond donors (Lipinski definition) is 1. The molecule has 6 nitrogen and oxygen atoms in total. The SMILES string of the molecule is CCCCOc1c(Oc2ccccc2)ccc(OCCCCOc2ccc(CC(=O)O)cc2)c1CCC. The molecule has 0 aliphatic rings. The van der Waals surface area contributed by atoms with Gasteiger partial charge in [-0.25, -0.2) is 0 Å². The molecule has 0 unspecified atom stereocenters. The van der Waals surface area contributed by atoms with Gasteiger partial charge in [-0.05, 0) is 67.6 Å². The first kappa shape index (κ1) is 27.9. The summed E-state index contributed by atoms with van der Waals surface area (Å²) in [7, 11) is 0. The lowest BCUT2D eigenvalue weighted by molar-refractivity contribution is -0.136. The Morgan fingerprint density at radius 2 is 1.38 bits per heavy atom. The molecule has 0 spiro atoms. The molecule has 0 saturated heterocycles. The number of carboxylic acid groups (broad SMARTS) is 1. The van der Waals surface area contributed by atoms with Gasteiger partial charge >= 0.3 is 5.97 Å². The number of carboxylic acids is 1. The lowest BCUT2D eigenvalue weighted by Gasteiger charge is -2.19. The van der Waals surface area contributed by atoms with Crippen LogP contribution in [0.15, 0.2) is 66.7 Å². The summed E-state index contributed by atoms with van der Waals surface area (Å²) in [6.07, 6.45) is 5.54. The van der Waals surface area contributed by atoms with E-state index in [1.807, 2.05) is 54.6 Å². The molecule has 6 heteroatoms. The van der Waals surface area contributed by atoms with E-state index >= 15 is 0 Å². The van der Waals surface area contributed by atoms with E-state index in [4.69, 9.17) is 24.1 Å². The summed E-state index contributed by atoms with van der Waals surface area (Å²) in [6, 6.07) is 20.8. The largest absolute Gasteiger partial charge is 0.494 e. The van der Waals surface area contributed by atoms with Gasteiger partial charge in [0.25, 0.3) is 0 Å². The second kappa shape index (κ2) is 15.4. The Morgan fingerprint density at radius 1 is 0.703 bits per heavy atom.